The molecular formula is C13H26N2O. The van der Waals surface area contributed by atoms with Gasteiger partial charge in [0.1, 0.15) is 0 Å². The van der Waals surface area contributed by atoms with Crippen LogP contribution in [0.5, 0.6) is 0 Å². The second-order valence-corrected chi connectivity index (χ2v) is 5.37. The molecule has 0 aliphatic heterocycles. The van der Waals surface area contributed by atoms with E-state index in [0.717, 1.165) is 19.0 Å². The number of nitrogens with zero attached hydrogens (tertiary/aromatic N) is 1. The van der Waals surface area contributed by atoms with E-state index in [1.54, 1.807) is 0 Å². The molecule has 0 radical (unpaired) electrons. The normalized spacial score (nSPS) is 17.5. The third kappa shape index (κ3) is 4.97. The summed E-state index contributed by atoms with van der Waals surface area (Å²) in [6, 6.07) is 0.707. The fourth-order valence-electron chi connectivity index (χ4n) is 2.42. The summed E-state index contributed by atoms with van der Waals surface area (Å²) in [5.41, 5.74) is 5.23. The molecular weight excluding hydrogens is 200 g/mol. The Balaban J connectivity index is 2.36. The lowest BCUT2D eigenvalue weighted by atomic mass is 10.1. The Labute approximate surface area is 99.4 Å². The molecule has 0 saturated heterocycles. The van der Waals surface area contributed by atoms with Gasteiger partial charge in [0.25, 0.3) is 0 Å². The van der Waals surface area contributed by atoms with Crippen LogP contribution in [0.2, 0.25) is 0 Å². The van der Waals surface area contributed by atoms with E-state index in [1.165, 1.54) is 32.1 Å². The first kappa shape index (κ1) is 13.5. The van der Waals surface area contributed by atoms with Gasteiger partial charge in [-0.1, -0.05) is 26.7 Å². The molecule has 3 nitrogen and oxygen atoms in total. The SMILES string of the molecule is CC(C)CCN(CCC(N)=O)C1CCCC1. The molecule has 16 heavy (non-hydrogen) atoms. The van der Waals surface area contributed by atoms with Crippen LogP contribution in [0, 0.1) is 5.92 Å². The third-order valence-electron chi connectivity index (χ3n) is 3.48. The van der Waals surface area contributed by atoms with Crippen LogP contribution in [0.15, 0.2) is 0 Å². The molecule has 2 N–H and O–H groups in total. The third-order valence-corrected chi connectivity index (χ3v) is 3.48. The Hall–Kier alpha value is -0.570. The molecule has 0 aromatic heterocycles. The second-order valence-electron chi connectivity index (χ2n) is 5.37. The summed E-state index contributed by atoms with van der Waals surface area (Å²) >= 11 is 0. The first-order chi connectivity index (χ1) is 7.59. The van der Waals surface area contributed by atoms with Crippen molar-refractivity contribution in [2.45, 2.75) is 58.4 Å². The average Bonchev–Trinajstić information content (AvgIpc) is 2.70. The molecule has 3 heteroatoms. The van der Waals surface area contributed by atoms with Gasteiger partial charge in [0, 0.05) is 19.0 Å². The second kappa shape index (κ2) is 6.89. The fraction of sp³-hybridized carbons (Fsp3) is 0.923. The number of primary amides is 1. The first-order valence-corrected chi connectivity index (χ1v) is 6.62. The van der Waals surface area contributed by atoms with Crippen LogP contribution in [-0.4, -0.2) is 29.9 Å². The molecule has 0 atom stereocenters. The molecule has 1 saturated carbocycles. The predicted molar refractivity (Wildman–Crippen MR) is 67.1 cm³/mol. The standard InChI is InChI=1S/C13H26N2O/c1-11(2)7-9-15(10-8-13(14)16)12-5-3-4-6-12/h11-12H,3-10H2,1-2H3,(H2,14,16). The van der Waals surface area contributed by atoms with Gasteiger partial charge in [-0.3, -0.25) is 9.69 Å². The van der Waals surface area contributed by atoms with E-state index in [0.29, 0.717) is 12.5 Å². The highest BCUT2D eigenvalue weighted by Gasteiger charge is 2.22. The van der Waals surface area contributed by atoms with E-state index in [9.17, 15) is 4.79 Å². The summed E-state index contributed by atoms with van der Waals surface area (Å²) in [6.45, 7) is 6.48. The molecule has 1 aliphatic rings. The number of nitrogens with two attached hydrogens (primary N) is 1. The summed E-state index contributed by atoms with van der Waals surface area (Å²) in [5.74, 6) is 0.560. The van der Waals surface area contributed by atoms with Gasteiger partial charge in [0.05, 0.1) is 0 Å². The van der Waals surface area contributed by atoms with Gasteiger partial charge in [-0.25, -0.2) is 0 Å². The largest absolute Gasteiger partial charge is 0.370 e. The highest BCUT2D eigenvalue weighted by Crippen LogP contribution is 2.24. The first-order valence-electron chi connectivity index (χ1n) is 6.62. The highest BCUT2D eigenvalue weighted by atomic mass is 16.1. The van der Waals surface area contributed by atoms with Crippen LogP contribution in [0.1, 0.15) is 52.4 Å². The molecule has 1 amide bonds. The van der Waals surface area contributed by atoms with Crippen LogP contribution in [0.4, 0.5) is 0 Å². The summed E-state index contributed by atoms with van der Waals surface area (Å²) in [5, 5.41) is 0. The highest BCUT2D eigenvalue weighted by molar-refractivity contribution is 5.73. The minimum Gasteiger partial charge on any atom is -0.370 e. The Morgan fingerprint density at radius 2 is 1.94 bits per heavy atom. The van der Waals surface area contributed by atoms with Crippen molar-refractivity contribution in [1.82, 2.24) is 4.90 Å². The lowest BCUT2D eigenvalue weighted by molar-refractivity contribution is -0.118. The molecule has 1 rings (SSSR count). The van der Waals surface area contributed by atoms with Crippen molar-refractivity contribution >= 4 is 5.91 Å². The molecule has 0 aromatic carbocycles. The Morgan fingerprint density at radius 3 is 2.44 bits per heavy atom. The lowest BCUT2D eigenvalue weighted by Gasteiger charge is -2.29. The van der Waals surface area contributed by atoms with Crippen molar-refractivity contribution in [3.63, 3.8) is 0 Å². The number of rotatable bonds is 7. The predicted octanol–water partition coefficient (Wildman–Crippen LogP) is 2.15. The van der Waals surface area contributed by atoms with Gasteiger partial charge >= 0.3 is 0 Å². The van der Waals surface area contributed by atoms with Crippen molar-refractivity contribution < 1.29 is 4.79 Å². The van der Waals surface area contributed by atoms with Gasteiger partial charge in [-0.2, -0.15) is 0 Å². The van der Waals surface area contributed by atoms with Gasteiger partial charge in [0.15, 0.2) is 0 Å². The molecule has 1 aliphatic carbocycles. The number of hydrogen-bond acceptors (Lipinski definition) is 2. The van der Waals surface area contributed by atoms with Crippen LogP contribution < -0.4 is 5.73 Å². The zero-order chi connectivity index (χ0) is 12.0. The maximum Gasteiger partial charge on any atom is 0.218 e. The molecule has 94 valence electrons. The van der Waals surface area contributed by atoms with E-state index in [-0.39, 0.29) is 5.91 Å². The topological polar surface area (TPSA) is 46.3 Å². The number of carbonyl (C=O) groups excluding carboxylic acids is 1. The summed E-state index contributed by atoms with van der Waals surface area (Å²) < 4.78 is 0. The van der Waals surface area contributed by atoms with Crippen LogP contribution >= 0.6 is 0 Å². The van der Waals surface area contributed by atoms with Gasteiger partial charge in [0.2, 0.25) is 5.91 Å². The Morgan fingerprint density at radius 1 is 1.31 bits per heavy atom. The van der Waals surface area contributed by atoms with E-state index in [1.807, 2.05) is 0 Å². The average molecular weight is 226 g/mol. The quantitative estimate of drug-likeness (QED) is 0.723. The molecule has 0 spiro atoms. The van der Waals surface area contributed by atoms with Crippen LogP contribution in [-0.2, 0) is 4.79 Å². The number of amides is 1. The van der Waals surface area contributed by atoms with Gasteiger partial charge in [-0.05, 0) is 31.7 Å². The lowest BCUT2D eigenvalue weighted by Crippen LogP contribution is -2.37. The van der Waals surface area contributed by atoms with Crippen LogP contribution in [0.3, 0.4) is 0 Å². The number of hydrogen-bond donors (Lipinski definition) is 1. The molecule has 0 unspecified atom stereocenters. The van der Waals surface area contributed by atoms with E-state index in [4.69, 9.17) is 5.73 Å². The van der Waals surface area contributed by atoms with Crippen molar-refractivity contribution in [3.8, 4) is 0 Å². The smallest absolute Gasteiger partial charge is 0.218 e. The summed E-state index contributed by atoms with van der Waals surface area (Å²) in [6.07, 6.45) is 7.02. The molecule has 0 bridgehead atoms. The minimum atomic E-state index is -0.174. The zero-order valence-corrected chi connectivity index (χ0v) is 10.7. The van der Waals surface area contributed by atoms with Crippen LogP contribution in [0.25, 0.3) is 0 Å². The van der Waals surface area contributed by atoms with Crippen molar-refractivity contribution in [3.05, 3.63) is 0 Å². The maximum absolute atomic E-state index is 10.9. The van der Waals surface area contributed by atoms with Gasteiger partial charge < -0.3 is 5.73 Å². The summed E-state index contributed by atoms with van der Waals surface area (Å²) in [7, 11) is 0. The zero-order valence-electron chi connectivity index (χ0n) is 10.7. The fourth-order valence-corrected chi connectivity index (χ4v) is 2.42. The molecule has 0 aromatic rings. The van der Waals surface area contributed by atoms with Crippen molar-refractivity contribution in [2.24, 2.45) is 11.7 Å². The molecule has 1 fully saturated rings. The Bertz CT molecular complexity index is 210. The van der Waals surface area contributed by atoms with Gasteiger partial charge in [-0.15, -0.1) is 0 Å². The van der Waals surface area contributed by atoms with E-state index >= 15 is 0 Å². The summed E-state index contributed by atoms with van der Waals surface area (Å²) in [4.78, 5) is 13.3. The van der Waals surface area contributed by atoms with E-state index < -0.39 is 0 Å². The van der Waals surface area contributed by atoms with Crippen molar-refractivity contribution in [1.29, 1.82) is 0 Å². The Kier molecular flexibility index (Phi) is 5.81. The van der Waals surface area contributed by atoms with E-state index in [2.05, 4.69) is 18.7 Å². The number of carbonyl (C=O) groups is 1. The minimum absolute atomic E-state index is 0.174. The maximum atomic E-state index is 10.9. The monoisotopic (exact) mass is 226 g/mol. The van der Waals surface area contributed by atoms with Crippen molar-refractivity contribution in [2.75, 3.05) is 13.1 Å². The molecule has 0 heterocycles.